The van der Waals surface area contributed by atoms with Gasteiger partial charge in [-0.25, -0.2) is 5.32 Å². The Kier molecular flexibility index (Phi) is 8.31. The highest BCUT2D eigenvalue weighted by molar-refractivity contribution is 6.22. The summed E-state index contributed by atoms with van der Waals surface area (Å²) in [4.78, 5) is 10.1. The summed E-state index contributed by atoms with van der Waals surface area (Å²) in [5.41, 5.74) is 22.9. The van der Waals surface area contributed by atoms with Crippen molar-refractivity contribution in [3.63, 3.8) is 0 Å². The van der Waals surface area contributed by atoms with E-state index in [0.717, 1.165) is 55.8 Å². The second-order valence-electron chi connectivity index (χ2n) is 17.1. The third-order valence-corrected chi connectivity index (χ3v) is 13.6. The number of fused-ring (bicyclic) bond motifs is 13. The minimum Gasteiger partial charge on any atom is -0.455 e. The molecule has 1 aliphatic heterocycles. The number of quaternary nitrogens is 1. The van der Waals surface area contributed by atoms with Gasteiger partial charge in [0.1, 0.15) is 22.4 Å². The molecule has 3 unspecified atom stereocenters. The normalized spacial score (nSPS) is 16.4. The van der Waals surface area contributed by atoms with Crippen LogP contribution in [0.5, 0.6) is 0 Å². The number of furan rings is 1. The van der Waals surface area contributed by atoms with Gasteiger partial charge in [0, 0.05) is 49.9 Å². The Balaban J connectivity index is 0.927. The van der Waals surface area contributed by atoms with E-state index in [0.29, 0.717) is 0 Å². The minimum absolute atomic E-state index is 0.0452. The molecule has 2 aliphatic rings. The Bertz CT molecular complexity index is 3690. The number of hydrogen-bond donors (Lipinski definition) is 4. The van der Waals surface area contributed by atoms with Gasteiger partial charge in [-0.2, -0.15) is 4.99 Å². The number of nitrogen functional groups attached to an aromatic ring is 1. The highest BCUT2D eigenvalue weighted by atomic mass is 16.3. The number of amidine groups is 1. The molecule has 0 spiro atoms. The first-order valence-electron chi connectivity index (χ1n) is 22.1. The van der Waals surface area contributed by atoms with E-state index < -0.39 is 6.17 Å². The SMILES string of the molecule is NC(/[NH+]=C(\[NH2+]c1ccccc1)c1ccc(N2c3ccccc3C3c4ccccc4C(c4cccc5c4[nH]c4ccc6ccccc6c45)=CC32)cc1)c1cccc2c1oc1ccccc12. The molecule has 6 nitrogen and oxygen atoms in total. The predicted molar refractivity (Wildman–Crippen MR) is 261 cm³/mol. The summed E-state index contributed by atoms with van der Waals surface area (Å²) in [6.07, 6.45) is 2.00. The Labute approximate surface area is 369 Å². The van der Waals surface area contributed by atoms with Crippen LogP contribution in [0.2, 0.25) is 0 Å². The van der Waals surface area contributed by atoms with Crippen molar-refractivity contribution in [2.75, 3.05) is 4.90 Å². The Hall–Kier alpha value is -8.03. The number of nitrogens with zero attached hydrogens (tertiary/aromatic N) is 1. The Morgan fingerprint density at radius 2 is 1.31 bits per heavy atom. The smallest absolute Gasteiger partial charge is 0.372 e. The summed E-state index contributed by atoms with van der Waals surface area (Å²) in [7, 11) is 0. The molecule has 0 amide bonds. The van der Waals surface area contributed by atoms with E-state index in [1.165, 1.54) is 60.6 Å². The van der Waals surface area contributed by atoms with E-state index >= 15 is 0 Å². The first-order valence-corrected chi connectivity index (χ1v) is 22.1. The van der Waals surface area contributed by atoms with Crippen LogP contribution >= 0.6 is 0 Å². The van der Waals surface area contributed by atoms with Crippen molar-refractivity contribution in [1.82, 2.24) is 4.98 Å². The number of aromatic nitrogens is 1. The van der Waals surface area contributed by atoms with Crippen molar-refractivity contribution in [2.45, 2.75) is 18.1 Å². The first-order chi connectivity index (χ1) is 31.7. The van der Waals surface area contributed by atoms with Crippen LogP contribution in [0.3, 0.4) is 0 Å². The van der Waals surface area contributed by atoms with Gasteiger partial charge >= 0.3 is 5.84 Å². The average molecular weight is 826 g/mol. The van der Waals surface area contributed by atoms with Crippen LogP contribution < -0.4 is 20.9 Å². The lowest BCUT2D eigenvalue weighted by Crippen LogP contribution is -2.98. The van der Waals surface area contributed by atoms with Gasteiger partial charge in [0.05, 0.1) is 17.1 Å². The number of anilines is 2. The fourth-order valence-corrected chi connectivity index (χ4v) is 10.7. The summed E-state index contributed by atoms with van der Waals surface area (Å²) in [5.74, 6) is 1.09. The fraction of sp³-hybridized carbons (Fsp3) is 0.0517. The lowest BCUT2D eigenvalue weighted by Gasteiger charge is -2.34. The van der Waals surface area contributed by atoms with Crippen LogP contribution in [0.15, 0.2) is 211 Å². The number of H-pyrrole nitrogens is 1. The molecule has 6 heteroatoms. The van der Waals surface area contributed by atoms with Gasteiger partial charge in [-0.3, -0.25) is 5.73 Å². The second kappa shape index (κ2) is 14.5. The molecular formula is C58H43N5O+2. The fourth-order valence-electron chi connectivity index (χ4n) is 10.7. The number of aromatic amines is 1. The van der Waals surface area contributed by atoms with Gasteiger partial charge in [0.2, 0.25) is 6.17 Å². The topological polar surface area (TPSA) is 88.8 Å². The molecular weight excluding hydrogens is 783 g/mol. The molecule has 64 heavy (non-hydrogen) atoms. The van der Waals surface area contributed by atoms with Gasteiger partial charge in [-0.05, 0) is 93.7 Å². The number of para-hydroxylation sites is 5. The van der Waals surface area contributed by atoms with Crippen molar-refractivity contribution in [2.24, 2.45) is 5.73 Å². The van der Waals surface area contributed by atoms with Crippen LogP contribution in [-0.4, -0.2) is 16.9 Å². The zero-order chi connectivity index (χ0) is 42.3. The van der Waals surface area contributed by atoms with Gasteiger partial charge in [-0.1, -0.05) is 146 Å². The summed E-state index contributed by atoms with van der Waals surface area (Å²) >= 11 is 0. The van der Waals surface area contributed by atoms with Gasteiger partial charge in [0.25, 0.3) is 0 Å². The summed E-state index contributed by atoms with van der Waals surface area (Å²) in [6.45, 7) is 0. The molecule has 0 radical (unpaired) electrons. The van der Waals surface area contributed by atoms with Crippen LogP contribution in [-0.2, 0) is 0 Å². The highest BCUT2D eigenvalue weighted by Crippen LogP contribution is 2.54. The van der Waals surface area contributed by atoms with E-state index in [1.54, 1.807) is 0 Å². The van der Waals surface area contributed by atoms with E-state index in [4.69, 9.17) is 10.2 Å². The molecule has 3 atom stereocenters. The molecule has 11 aromatic rings. The number of hydrogen-bond acceptors (Lipinski definition) is 3. The summed E-state index contributed by atoms with van der Waals surface area (Å²) < 4.78 is 6.41. The maximum atomic E-state index is 7.08. The minimum atomic E-state index is -0.531. The third-order valence-electron chi connectivity index (χ3n) is 13.6. The van der Waals surface area contributed by atoms with Crippen molar-refractivity contribution >= 4 is 83.0 Å². The van der Waals surface area contributed by atoms with E-state index in [1.807, 2.05) is 24.3 Å². The average Bonchev–Trinajstić information content (AvgIpc) is 4.04. The monoisotopic (exact) mass is 825 g/mol. The Morgan fingerprint density at radius 3 is 2.20 bits per heavy atom. The van der Waals surface area contributed by atoms with Crippen LogP contribution in [0.1, 0.15) is 45.5 Å². The zero-order valence-electron chi connectivity index (χ0n) is 34.9. The van der Waals surface area contributed by atoms with Crippen LogP contribution in [0.4, 0.5) is 17.1 Å². The van der Waals surface area contributed by atoms with Crippen molar-refractivity contribution in [3.8, 4) is 0 Å². The molecule has 3 heterocycles. The van der Waals surface area contributed by atoms with Gasteiger partial charge in [0.15, 0.2) is 0 Å². The zero-order valence-corrected chi connectivity index (χ0v) is 34.9. The third kappa shape index (κ3) is 5.70. The highest BCUT2D eigenvalue weighted by Gasteiger charge is 2.43. The molecule has 1 aliphatic carbocycles. The largest absolute Gasteiger partial charge is 0.455 e. The van der Waals surface area contributed by atoms with Crippen LogP contribution in [0.25, 0.3) is 60.1 Å². The maximum Gasteiger partial charge on any atom is 0.372 e. The van der Waals surface area contributed by atoms with Crippen LogP contribution in [0, 0.1) is 0 Å². The number of nitrogens with two attached hydrogens (primary N) is 2. The van der Waals surface area contributed by atoms with Crippen molar-refractivity contribution < 1.29 is 14.7 Å². The van der Waals surface area contributed by atoms with Crippen molar-refractivity contribution in [3.05, 3.63) is 240 Å². The second-order valence-corrected chi connectivity index (χ2v) is 17.1. The number of benzene rings is 9. The quantitative estimate of drug-likeness (QED) is 0.0583. The van der Waals surface area contributed by atoms with Crippen molar-refractivity contribution in [1.29, 1.82) is 0 Å². The Morgan fingerprint density at radius 1 is 0.609 bits per heavy atom. The summed E-state index contributed by atoms with van der Waals surface area (Å²) in [5, 5.41) is 9.35. The lowest BCUT2D eigenvalue weighted by molar-refractivity contribution is -0.588. The molecule has 304 valence electrons. The number of nitrogens with one attached hydrogen (secondary N) is 2. The van der Waals surface area contributed by atoms with E-state index in [-0.39, 0.29) is 12.0 Å². The molecule has 6 N–H and O–H groups in total. The molecule has 13 rings (SSSR count). The molecule has 2 aromatic heterocycles. The van der Waals surface area contributed by atoms with Gasteiger partial charge in [-0.15, -0.1) is 0 Å². The predicted octanol–water partition coefficient (Wildman–Crippen LogP) is 10.9. The number of rotatable bonds is 6. The molecule has 0 saturated carbocycles. The molecule has 9 aromatic carbocycles. The van der Waals surface area contributed by atoms with E-state index in [2.05, 4.69) is 202 Å². The van der Waals surface area contributed by atoms with E-state index in [9.17, 15) is 0 Å². The maximum absolute atomic E-state index is 7.08. The molecule has 0 fully saturated rings. The lowest BCUT2D eigenvalue weighted by atomic mass is 9.76. The molecule has 0 bridgehead atoms. The first kappa shape index (κ1) is 36.6. The molecule has 0 saturated heterocycles. The van der Waals surface area contributed by atoms with Gasteiger partial charge < -0.3 is 14.3 Å². The summed E-state index contributed by atoms with van der Waals surface area (Å²) in [6, 6.07) is 71.7. The standard InChI is InChI=1S/C58H41N5O/c59-57(47-25-13-23-44-41-19-9-11-27-52(41)64-56(44)47)62-58(60-37-15-2-1-3-16-37)36-28-31-38(32-29-36)63-50-26-10-8-21-45(50)54-42-20-7-6-18-40(42)48(34-51(54)63)43-22-12-24-46-53-39-17-5-4-14-35(39)30-33-49(53)61-55(43)46/h1-34,51,54,57,61H,59H2,(H,60,62)/p+2.